The van der Waals surface area contributed by atoms with Gasteiger partial charge in [-0.2, -0.15) is 0 Å². The lowest BCUT2D eigenvalue weighted by atomic mass is 10.2. The van der Waals surface area contributed by atoms with Crippen LogP contribution < -0.4 is 10.6 Å². The van der Waals surface area contributed by atoms with E-state index in [0.717, 1.165) is 15.7 Å². The fourth-order valence-electron chi connectivity index (χ4n) is 1.76. The number of hydrogen-bond donors (Lipinski definition) is 2. The smallest absolute Gasteiger partial charge is 0.251 e. The van der Waals surface area contributed by atoms with Gasteiger partial charge in [0.25, 0.3) is 5.91 Å². The zero-order valence-electron chi connectivity index (χ0n) is 10.9. The van der Waals surface area contributed by atoms with Gasteiger partial charge in [0.2, 0.25) is 0 Å². The van der Waals surface area contributed by atoms with Crippen molar-refractivity contribution in [1.29, 1.82) is 0 Å². The van der Waals surface area contributed by atoms with Gasteiger partial charge >= 0.3 is 0 Å². The maximum atomic E-state index is 13.2. The van der Waals surface area contributed by atoms with E-state index in [0.29, 0.717) is 12.1 Å². The molecule has 0 aliphatic carbocycles. The van der Waals surface area contributed by atoms with Crippen LogP contribution in [-0.4, -0.2) is 13.0 Å². The maximum Gasteiger partial charge on any atom is 0.251 e. The first-order valence-electron chi connectivity index (χ1n) is 6.10. The molecule has 0 saturated heterocycles. The van der Waals surface area contributed by atoms with E-state index < -0.39 is 0 Å². The van der Waals surface area contributed by atoms with Gasteiger partial charge in [0.05, 0.1) is 0 Å². The third-order valence-electron chi connectivity index (χ3n) is 2.86. The standard InChI is InChI=1S/C15H14BrFN2O/c1-18-15(20)10-2-5-13(6-3-10)19-9-11-8-12(17)4-7-14(11)16/h2-8,19H,9H2,1H3,(H,18,20). The average Bonchev–Trinajstić information content (AvgIpc) is 2.48. The lowest BCUT2D eigenvalue weighted by Crippen LogP contribution is -2.17. The summed E-state index contributed by atoms with van der Waals surface area (Å²) in [5.74, 6) is -0.385. The van der Waals surface area contributed by atoms with Crippen molar-refractivity contribution in [3.63, 3.8) is 0 Å². The highest BCUT2D eigenvalue weighted by atomic mass is 79.9. The minimum absolute atomic E-state index is 0.121. The Bertz CT molecular complexity index is 614. The first kappa shape index (κ1) is 14.5. The summed E-state index contributed by atoms with van der Waals surface area (Å²) in [5.41, 5.74) is 2.30. The molecule has 0 aromatic heterocycles. The minimum Gasteiger partial charge on any atom is -0.381 e. The van der Waals surface area contributed by atoms with Crippen LogP contribution in [0.4, 0.5) is 10.1 Å². The Hall–Kier alpha value is -1.88. The van der Waals surface area contributed by atoms with Crippen LogP contribution in [-0.2, 0) is 6.54 Å². The van der Waals surface area contributed by atoms with Crippen LogP contribution in [0.15, 0.2) is 46.9 Å². The molecule has 2 aromatic carbocycles. The average molecular weight is 337 g/mol. The van der Waals surface area contributed by atoms with E-state index in [9.17, 15) is 9.18 Å². The molecular weight excluding hydrogens is 323 g/mol. The van der Waals surface area contributed by atoms with E-state index >= 15 is 0 Å². The highest BCUT2D eigenvalue weighted by Crippen LogP contribution is 2.19. The maximum absolute atomic E-state index is 13.2. The summed E-state index contributed by atoms with van der Waals surface area (Å²) in [4.78, 5) is 11.4. The molecule has 0 spiro atoms. The van der Waals surface area contributed by atoms with E-state index in [4.69, 9.17) is 0 Å². The molecule has 0 bridgehead atoms. The first-order chi connectivity index (χ1) is 9.60. The number of halogens is 2. The molecule has 5 heteroatoms. The quantitative estimate of drug-likeness (QED) is 0.896. The molecule has 0 heterocycles. The van der Waals surface area contributed by atoms with Crippen molar-refractivity contribution in [2.45, 2.75) is 6.54 Å². The largest absolute Gasteiger partial charge is 0.381 e. The molecule has 104 valence electrons. The molecule has 0 unspecified atom stereocenters. The van der Waals surface area contributed by atoms with Crippen LogP contribution >= 0.6 is 15.9 Å². The molecule has 0 fully saturated rings. The highest BCUT2D eigenvalue weighted by Gasteiger charge is 2.04. The molecule has 20 heavy (non-hydrogen) atoms. The first-order valence-corrected chi connectivity index (χ1v) is 6.89. The minimum atomic E-state index is -0.264. The number of nitrogens with one attached hydrogen (secondary N) is 2. The lowest BCUT2D eigenvalue weighted by Gasteiger charge is -2.09. The number of benzene rings is 2. The van der Waals surface area contributed by atoms with Gasteiger partial charge in [-0.3, -0.25) is 4.79 Å². The molecule has 0 saturated carbocycles. The van der Waals surface area contributed by atoms with Crippen LogP contribution in [0.1, 0.15) is 15.9 Å². The molecule has 0 aliphatic heterocycles. The van der Waals surface area contributed by atoms with E-state index in [1.165, 1.54) is 12.1 Å². The second-order valence-electron chi connectivity index (χ2n) is 4.25. The van der Waals surface area contributed by atoms with Gasteiger partial charge in [-0.05, 0) is 48.0 Å². The zero-order chi connectivity index (χ0) is 14.5. The van der Waals surface area contributed by atoms with Crippen molar-refractivity contribution in [3.8, 4) is 0 Å². The Balaban J connectivity index is 2.04. The van der Waals surface area contributed by atoms with Gasteiger partial charge < -0.3 is 10.6 Å². The van der Waals surface area contributed by atoms with Gasteiger partial charge in [-0.15, -0.1) is 0 Å². The zero-order valence-corrected chi connectivity index (χ0v) is 12.5. The highest BCUT2D eigenvalue weighted by molar-refractivity contribution is 9.10. The number of anilines is 1. The van der Waals surface area contributed by atoms with E-state index in [1.54, 1.807) is 25.2 Å². The molecule has 0 atom stereocenters. The number of carbonyl (C=O) groups is 1. The predicted molar refractivity (Wildman–Crippen MR) is 81.3 cm³/mol. The second kappa shape index (κ2) is 6.52. The SMILES string of the molecule is CNC(=O)c1ccc(NCc2cc(F)ccc2Br)cc1. The van der Waals surface area contributed by atoms with Crippen molar-refractivity contribution in [2.24, 2.45) is 0 Å². The predicted octanol–water partition coefficient (Wildman–Crippen LogP) is 3.56. The van der Waals surface area contributed by atoms with Gasteiger partial charge in [0.15, 0.2) is 0 Å². The summed E-state index contributed by atoms with van der Waals surface area (Å²) in [7, 11) is 1.59. The molecule has 2 aromatic rings. The summed E-state index contributed by atoms with van der Waals surface area (Å²) in [5, 5.41) is 5.75. The van der Waals surface area contributed by atoms with Gasteiger partial charge in [0, 0.05) is 29.3 Å². The third-order valence-corrected chi connectivity index (χ3v) is 3.64. The Kier molecular flexibility index (Phi) is 4.74. The Labute approximate surface area is 125 Å². The van der Waals surface area contributed by atoms with Gasteiger partial charge in [0.1, 0.15) is 5.82 Å². The fourth-order valence-corrected chi connectivity index (χ4v) is 2.15. The van der Waals surface area contributed by atoms with Crippen molar-refractivity contribution in [3.05, 3.63) is 63.9 Å². The van der Waals surface area contributed by atoms with Crippen molar-refractivity contribution in [1.82, 2.24) is 5.32 Å². The van der Waals surface area contributed by atoms with E-state index in [-0.39, 0.29) is 11.7 Å². The van der Waals surface area contributed by atoms with Crippen molar-refractivity contribution >= 4 is 27.5 Å². The topological polar surface area (TPSA) is 41.1 Å². The van der Waals surface area contributed by atoms with E-state index in [2.05, 4.69) is 26.6 Å². The van der Waals surface area contributed by atoms with E-state index in [1.807, 2.05) is 12.1 Å². The molecule has 2 N–H and O–H groups in total. The Morgan fingerprint density at radius 3 is 2.55 bits per heavy atom. The molecule has 3 nitrogen and oxygen atoms in total. The molecule has 2 rings (SSSR count). The van der Waals surface area contributed by atoms with Crippen molar-refractivity contribution in [2.75, 3.05) is 12.4 Å². The van der Waals surface area contributed by atoms with Crippen molar-refractivity contribution < 1.29 is 9.18 Å². The monoisotopic (exact) mass is 336 g/mol. The molecular formula is C15H14BrFN2O. The normalized spacial score (nSPS) is 10.2. The summed E-state index contributed by atoms with van der Waals surface area (Å²) in [6.45, 7) is 0.498. The van der Waals surface area contributed by atoms with Crippen LogP contribution in [0.5, 0.6) is 0 Å². The van der Waals surface area contributed by atoms with Crippen LogP contribution in [0.2, 0.25) is 0 Å². The summed E-state index contributed by atoms with van der Waals surface area (Å²) in [6.07, 6.45) is 0. The Morgan fingerprint density at radius 1 is 1.20 bits per heavy atom. The number of amides is 1. The molecule has 0 aliphatic rings. The van der Waals surface area contributed by atoms with Crippen LogP contribution in [0.25, 0.3) is 0 Å². The molecule has 0 radical (unpaired) electrons. The summed E-state index contributed by atoms with van der Waals surface area (Å²) in [6, 6.07) is 11.7. The Morgan fingerprint density at radius 2 is 1.90 bits per heavy atom. The number of rotatable bonds is 4. The van der Waals surface area contributed by atoms with Crippen LogP contribution in [0, 0.1) is 5.82 Å². The van der Waals surface area contributed by atoms with Gasteiger partial charge in [-0.25, -0.2) is 4.39 Å². The van der Waals surface area contributed by atoms with Gasteiger partial charge in [-0.1, -0.05) is 15.9 Å². The summed E-state index contributed by atoms with van der Waals surface area (Å²) >= 11 is 3.38. The molecule has 1 amide bonds. The second-order valence-corrected chi connectivity index (χ2v) is 5.10. The summed E-state index contributed by atoms with van der Waals surface area (Å²) < 4.78 is 14.0. The number of carbonyl (C=O) groups excluding carboxylic acids is 1. The fraction of sp³-hybridized carbons (Fsp3) is 0.133. The lowest BCUT2D eigenvalue weighted by molar-refractivity contribution is 0.0963. The number of hydrogen-bond acceptors (Lipinski definition) is 2. The van der Waals surface area contributed by atoms with Crippen LogP contribution in [0.3, 0.4) is 0 Å². The third kappa shape index (κ3) is 3.57.